The molecule has 1 unspecified atom stereocenters. The van der Waals surface area contributed by atoms with Gasteiger partial charge in [0.1, 0.15) is 11.0 Å². The number of aromatic nitrogens is 1. The van der Waals surface area contributed by atoms with Crippen LogP contribution in [0.4, 0.5) is 0 Å². The van der Waals surface area contributed by atoms with Crippen molar-refractivity contribution in [1.29, 1.82) is 0 Å². The molecule has 5 nitrogen and oxygen atoms in total. The first-order valence-electron chi connectivity index (χ1n) is 6.72. The fourth-order valence-corrected chi connectivity index (χ4v) is 3.11. The number of amides is 1. The molecule has 0 saturated heterocycles. The lowest BCUT2D eigenvalue weighted by atomic mass is 10.2. The zero-order valence-corrected chi connectivity index (χ0v) is 14.3. The van der Waals surface area contributed by atoms with Gasteiger partial charge in [-0.25, -0.2) is 9.78 Å². The van der Waals surface area contributed by atoms with Crippen molar-refractivity contribution in [2.45, 2.75) is 25.8 Å². The minimum absolute atomic E-state index is 0.0777. The van der Waals surface area contributed by atoms with Gasteiger partial charge in [-0.1, -0.05) is 35.0 Å². The number of halogens is 1. The average molecular weight is 383 g/mol. The van der Waals surface area contributed by atoms with Crippen LogP contribution < -0.4 is 5.32 Å². The molecule has 1 heterocycles. The maximum atomic E-state index is 11.9. The topological polar surface area (TPSA) is 79.3 Å². The zero-order valence-electron chi connectivity index (χ0n) is 11.9. The molecular weight excluding hydrogens is 368 g/mol. The van der Waals surface area contributed by atoms with Gasteiger partial charge in [-0.2, -0.15) is 0 Å². The number of carbonyl (C=O) groups excluding carboxylic acids is 1. The summed E-state index contributed by atoms with van der Waals surface area (Å²) in [4.78, 5) is 27.2. The van der Waals surface area contributed by atoms with Crippen LogP contribution in [0.15, 0.2) is 34.1 Å². The highest BCUT2D eigenvalue weighted by Gasteiger charge is 2.18. The minimum Gasteiger partial charge on any atom is -0.480 e. The van der Waals surface area contributed by atoms with Crippen LogP contribution >= 0.6 is 27.3 Å². The molecule has 1 aromatic carbocycles. The standard InChI is InChI=1S/C15H15BrN2O3S/c1-2-12(15(20)21)18-13(19)7-11-8-22-14(17-11)9-4-3-5-10(16)6-9/h3-6,8,12H,2,7H2,1H3,(H,18,19)(H,20,21). The van der Waals surface area contributed by atoms with E-state index in [0.717, 1.165) is 15.0 Å². The van der Waals surface area contributed by atoms with Gasteiger partial charge in [-0.3, -0.25) is 4.79 Å². The van der Waals surface area contributed by atoms with Crippen LogP contribution in [0.25, 0.3) is 10.6 Å². The van der Waals surface area contributed by atoms with E-state index in [2.05, 4.69) is 26.2 Å². The van der Waals surface area contributed by atoms with Crippen molar-refractivity contribution in [3.63, 3.8) is 0 Å². The smallest absolute Gasteiger partial charge is 0.326 e. The number of benzene rings is 1. The number of thiazole rings is 1. The largest absolute Gasteiger partial charge is 0.480 e. The first-order valence-corrected chi connectivity index (χ1v) is 8.39. The van der Waals surface area contributed by atoms with E-state index in [4.69, 9.17) is 5.11 Å². The summed E-state index contributed by atoms with van der Waals surface area (Å²) in [6.07, 6.45) is 0.426. The summed E-state index contributed by atoms with van der Waals surface area (Å²) in [6.45, 7) is 1.72. The van der Waals surface area contributed by atoms with Crippen LogP contribution in [0.5, 0.6) is 0 Å². The number of carboxylic acid groups (broad SMARTS) is 1. The monoisotopic (exact) mass is 382 g/mol. The third kappa shape index (κ3) is 4.38. The van der Waals surface area contributed by atoms with Crippen LogP contribution in [-0.4, -0.2) is 28.0 Å². The van der Waals surface area contributed by atoms with E-state index in [1.807, 2.05) is 29.6 Å². The Balaban J connectivity index is 2.03. The van der Waals surface area contributed by atoms with Gasteiger partial charge >= 0.3 is 5.97 Å². The summed E-state index contributed by atoms with van der Waals surface area (Å²) in [6, 6.07) is 6.91. The van der Waals surface area contributed by atoms with Crippen molar-refractivity contribution >= 4 is 39.1 Å². The molecule has 116 valence electrons. The number of nitrogens with zero attached hydrogens (tertiary/aromatic N) is 1. The average Bonchev–Trinajstić information content (AvgIpc) is 2.93. The fourth-order valence-electron chi connectivity index (χ4n) is 1.89. The zero-order chi connectivity index (χ0) is 16.1. The molecule has 1 aromatic heterocycles. The Bertz CT molecular complexity index is 687. The number of hydrogen-bond donors (Lipinski definition) is 2. The van der Waals surface area contributed by atoms with Gasteiger partial charge in [0, 0.05) is 15.4 Å². The molecule has 0 saturated carbocycles. The maximum absolute atomic E-state index is 11.9. The summed E-state index contributed by atoms with van der Waals surface area (Å²) >= 11 is 4.87. The highest BCUT2D eigenvalue weighted by atomic mass is 79.9. The third-order valence-corrected chi connectivity index (χ3v) is 4.44. The summed E-state index contributed by atoms with van der Waals surface area (Å²) in [5.74, 6) is -1.36. The van der Waals surface area contributed by atoms with E-state index >= 15 is 0 Å². The number of hydrogen-bond acceptors (Lipinski definition) is 4. The molecule has 0 bridgehead atoms. The first kappa shape index (κ1) is 16.6. The number of nitrogens with one attached hydrogen (secondary N) is 1. The fraction of sp³-hybridized carbons (Fsp3) is 0.267. The second-order valence-electron chi connectivity index (χ2n) is 4.70. The predicted octanol–water partition coefficient (Wildman–Crippen LogP) is 3.09. The molecule has 0 radical (unpaired) electrons. The van der Waals surface area contributed by atoms with E-state index in [9.17, 15) is 9.59 Å². The summed E-state index contributed by atoms with van der Waals surface area (Å²) < 4.78 is 0.965. The lowest BCUT2D eigenvalue weighted by Crippen LogP contribution is -2.41. The summed E-state index contributed by atoms with van der Waals surface area (Å²) in [5.41, 5.74) is 1.61. The minimum atomic E-state index is -1.02. The summed E-state index contributed by atoms with van der Waals surface area (Å²) in [7, 11) is 0. The lowest BCUT2D eigenvalue weighted by molar-refractivity contribution is -0.141. The van der Waals surface area contributed by atoms with Crippen molar-refractivity contribution in [1.82, 2.24) is 10.3 Å². The van der Waals surface area contributed by atoms with E-state index < -0.39 is 12.0 Å². The van der Waals surface area contributed by atoms with Crippen LogP contribution in [-0.2, 0) is 16.0 Å². The molecule has 1 amide bonds. The molecular formula is C15H15BrN2O3S. The Hall–Kier alpha value is -1.73. The normalized spacial score (nSPS) is 11.9. The molecule has 1 atom stereocenters. The van der Waals surface area contributed by atoms with Crippen LogP contribution in [0.1, 0.15) is 19.0 Å². The second kappa shape index (κ2) is 7.51. The first-order chi connectivity index (χ1) is 10.5. The van der Waals surface area contributed by atoms with Gasteiger partial charge in [0.15, 0.2) is 0 Å². The van der Waals surface area contributed by atoms with Crippen LogP contribution in [0.3, 0.4) is 0 Å². The Morgan fingerprint density at radius 1 is 1.45 bits per heavy atom. The molecule has 22 heavy (non-hydrogen) atoms. The molecule has 0 aliphatic heterocycles. The van der Waals surface area contributed by atoms with Gasteiger partial charge in [-0.05, 0) is 18.6 Å². The molecule has 2 N–H and O–H groups in total. The van der Waals surface area contributed by atoms with E-state index in [-0.39, 0.29) is 12.3 Å². The van der Waals surface area contributed by atoms with Gasteiger partial charge in [-0.15, -0.1) is 11.3 Å². The van der Waals surface area contributed by atoms with Crippen molar-refractivity contribution in [3.05, 3.63) is 39.8 Å². The van der Waals surface area contributed by atoms with E-state index in [0.29, 0.717) is 12.1 Å². The molecule has 2 aromatic rings. The number of aliphatic carboxylic acids is 1. The van der Waals surface area contributed by atoms with Crippen LogP contribution in [0.2, 0.25) is 0 Å². The van der Waals surface area contributed by atoms with Gasteiger partial charge in [0.05, 0.1) is 12.1 Å². The number of carbonyl (C=O) groups is 2. The van der Waals surface area contributed by atoms with Crippen molar-refractivity contribution < 1.29 is 14.7 Å². The Morgan fingerprint density at radius 3 is 2.86 bits per heavy atom. The maximum Gasteiger partial charge on any atom is 0.326 e. The van der Waals surface area contributed by atoms with Crippen LogP contribution in [0, 0.1) is 0 Å². The molecule has 0 spiro atoms. The van der Waals surface area contributed by atoms with Crippen molar-refractivity contribution in [3.8, 4) is 10.6 Å². The highest BCUT2D eigenvalue weighted by Crippen LogP contribution is 2.26. The van der Waals surface area contributed by atoms with Gasteiger partial charge < -0.3 is 10.4 Å². The second-order valence-corrected chi connectivity index (χ2v) is 6.47. The van der Waals surface area contributed by atoms with Crippen molar-refractivity contribution in [2.24, 2.45) is 0 Å². The number of rotatable bonds is 6. The third-order valence-electron chi connectivity index (χ3n) is 3.01. The highest BCUT2D eigenvalue weighted by molar-refractivity contribution is 9.10. The predicted molar refractivity (Wildman–Crippen MR) is 88.8 cm³/mol. The van der Waals surface area contributed by atoms with E-state index in [1.165, 1.54) is 11.3 Å². The molecule has 7 heteroatoms. The SMILES string of the molecule is CCC(NC(=O)Cc1csc(-c2cccc(Br)c2)n1)C(=O)O. The van der Waals surface area contributed by atoms with Gasteiger partial charge in [0.25, 0.3) is 0 Å². The Kier molecular flexibility index (Phi) is 5.68. The van der Waals surface area contributed by atoms with E-state index in [1.54, 1.807) is 6.92 Å². The quantitative estimate of drug-likeness (QED) is 0.804. The summed E-state index contributed by atoms with van der Waals surface area (Å²) in [5, 5.41) is 14.1. The number of carboxylic acids is 1. The van der Waals surface area contributed by atoms with Crippen molar-refractivity contribution in [2.75, 3.05) is 0 Å². The molecule has 0 aliphatic carbocycles. The lowest BCUT2D eigenvalue weighted by Gasteiger charge is -2.11. The van der Waals surface area contributed by atoms with Gasteiger partial charge in [0.2, 0.25) is 5.91 Å². The molecule has 0 aliphatic rings. The Morgan fingerprint density at radius 2 is 2.23 bits per heavy atom. The molecule has 0 fully saturated rings. The Labute approximate surface area is 140 Å². The molecule has 2 rings (SSSR count).